The van der Waals surface area contributed by atoms with Crippen molar-refractivity contribution in [1.29, 1.82) is 0 Å². The first-order valence-corrected chi connectivity index (χ1v) is 10.8. The van der Waals surface area contributed by atoms with Crippen LogP contribution in [0.1, 0.15) is 15.9 Å². The van der Waals surface area contributed by atoms with Crippen LogP contribution in [-0.4, -0.2) is 37.6 Å². The Hall–Kier alpha value is -3.91. The summed E-state index contributed by atoms with van der Waals surface area (Å²) in [5.41, 5.74) is 3.54. The summed E-state index contributed by atoms with van der Waals surface area (Å²) >= 11 is 1.59. The molecule has 3 heterocycles. The van der Waals surface area contributed by atoms with E-state index in [1.54, 1.807) is 23.3 Å². The number of amides is 1. The van der Waals surface area contributed by atoms with Gasteiger partial charge < -0.3 is 4.90 Å². The van der Waals surface area contributed by atoms with Crippen LogP contribution >= 0.6 is 11.3 Å². The minimum absolute atomic E-state index is 0.184. The Morgan fingerprint density at radius 1 is 1.09 bits per heavy atom. The summed E-state index contributed by atoms with van der Waals surface area (Å²) in [5, 5.41) is 6.77. The fourth-order valence-electron chi connectivity index (χ4n) is 3.60. The van der Waals surface area contributed by atoms with E-state index in [4.69, 9.17) is 5.10 Å². The maximum atomic E-state index is 14.1. The third-order valence-corrected chi connectivity index (χ3v) is 5.97. The van der Waals surface area contributed by atoms with Crippen molar-refractivity contribution in [2.75, 3.05) is 7.05 Å². The Balaban J connectivity index is 1.51. The lowest BCUT2D eigenvalue weighted by atomic mass is 10.1. The largest absolute Gasteiger partial charge is 0.337 e. The van der Waals surface area contributed by atoms with Gasteiger partial charge in [-0.2, -0.15) is 5.10 Å². The van der Waals surface area contributed by atoms with Gasteiger partial charge in [-0.05, 0) is 29.6 Å². The minimum atomic E-state index is -0.522. The van der Waals surface area contributed by atoms with Crippen LogP contribution < -0.4 is 0 Å². The molecular weight excluding hydrogens is 425 g/mol. The average molecular weight is 444 g/mol. The zero-order valence-electron chi connectivity index (χ0n) is 17.1. The minimum Gasteiger partial charge on any atom is -0.337 e. The van der Waals surface area contributed by atoms with Crippen molar-refractivity contribution >= 4 is 28.3 Å². The van der Waals surface area contributed by atoms with Gasteiger partial charge in [-0.3, -0.25) is 14.8 Å². The molecule has 8 heteroatoms. The molecule has 5 rings (SSSR count). The van der Waals surface area contributed by atoms with Crippen molar-refractivity contribution in [1.82, 2.24) is 24.6 Å². The van der Waals surface area contributed by atoms with Gasteiger partial charge >= 0.3 is 0 Å². The number of para-hydroxylation sites is 1. The van der Waals surface area contributed by atoms with E-state index in [2.05, 4.69) is 9.97 Å². The lowest BCUT2D eigenvalue weighted by Crippen LogP contribution is -2.26. The molecule has 0 aliphatic rings. The molecule has 0 aliphatic heterocycles. The maximum Gasteiger partial charge on any atom is 0.256 e. The molecule has 0 bridgehead atoms. The molecular formula is C24H18FN5OS. The molecule has 0 radical (unpaired) electrons. The Labute approximate surface area is 187 Å². The number of hydrogen-bond acceptors (Lipinski definition) is 5. The number of carbonyl (C=O) groups is 1. The lowest BCUT2D eigenvalue weighted by Gasteiger charge is -2.18. The Kier molecular flexibility index (Phi) is 5.20. The SMILES string of the molecule is CN(Cc1cn(-c2ccccc2)nc1-c1cccs1)C(=O)c1cc(F)cc2nccnc12. The summed E-state index contributed by atoms with van der Waals surface area (Å²) in [5.74, 6) is -0.856. The number of fused-ring (bicyclic) bond motifs is 1. The molecule has 0 atom stereocenters. The standard InChI is InChI=1S/C24H18FN5OS/c1-29(24(31)19-12-17(25)13-20-23(19)27-10-9-26-20)14-16-15-30(18-6-3-2-4-7-18)28-22(16)21-8-5-11-32-21/h2-13,15H,14H2,1H3. The third-order valence-electron chi connectivity index (χ3n) is 5.09. The van der Waals surface area contributed by atoms with Crippen LogP contribution in [0.2, 0.25) is 0 Å². The number of halogens is 1. The van der Waals surface area contributed by atoms with Crippen LogP contribution in [0, 0.1) is 5.82 Å². The number of benzene rings is 2. The van der Waals surface area contributed by atoms with Crippen molar-refractivity contribution in [3.8, 4) is 16.3 Å². The predicted octanol–water partition coefficient (Wildman–Crippen LogP) is 4.96. The summed E-state index contributed by atoms with van der Waals surface area (Å²) < 4.78 is 15.9. The second-order valence-corrected chi connectivity index (χ2v) is 8.25. The monoisotopic (exact) mass is 443 g/mol. The molecule has 0 spiro atoms. The lowest BCUT2D eigenvalue weighted by molar-refractivity contribution is 0.0786. The summed E-state index contributed by atoms with van der Waals surface area (Å²) in [6.45, 7) is 0.303. The van der Waals surface area contributed by atoms with E-state index in [0.717, 1.165) is 21.8 Å². The fraction of sp³-hybridized carbons (Fsp3) is 0.0833. The number of nitrogens with zero attached hydrogens (tertiary/aromatic N) is 5. The molecule has 5 aromatic rings. The first kappa shape index (κ1) is 20.0. The van der Waals surface area contributed by atoms with Gasteiger partial charge in [-0.15, -0.1) is 11.3 Å². The van der Waals surface area contributed by atoms with E-state index in [9.17, 15) is 9.18 Å². The normalized spacial score (nSPS) is 11.1. The van der Waals surface area contributed by atoms with Crippen LogP contribution in [0.3, 0.4) is 0 Å². The Morgan fingerprint density at radius 3 is 2.69 bits per heavy atom. The molecule has 1 amide bonds. The summed E-state index contributed by atoms with van der Waals surface area (Å²) in [7, 11) is 1.69. The van der Waals surface area contributed by atoms with Crippen molar-refractivity contribution in [3.05, 3.63) is 95.5 Å². The zero-order chi connectivity index (χ0) is 22.1. The second kappa shape index (κ2) is 8.32. The van der Waals surface area contributed by atoms with Crippen LogP contribution in [-0.2, 0) is 6.54 Å². The van der Waals surface area contributed by atoms with Crippen molar-refractivity contribution in [2.24, 2.45) is 0 Å². The maximum absolute atomic E-state index is 14.1. The smallest absolute Gasteiger partial charge is 0.256 e. The highest BCUT2D eigenvalue weighted by atomic mass is 32.1. The van der Waals surface area contributed by atoms with Gasteiger partial charge in [-0.25, -0.2) is 9.07 Å². The van der Waals surface area contributed by atoms with Crippen molar-refractivity contribution in [2.45, 2.75) is 6.54 Å². The van der Waals surface area contributed by atoms with E-state index in [1.807, 2.05) is 58.7 Å². The molecule has 0 N–H and O–H groups in total. The van der Waals surface area contributed by atoms with Crippen molar-refractivity contribution in [3.63, 3.8) is 0 Å². The predicted molar refractivity (Wildman–Crippen MR) is 122 cm³/mol. The van der Waals surface area contributed by atoms with E-state index < -0.39 is 5.82 Å². The molecule has 0 unspecified atom stereocenters. The molecule has 0 saturated heterocycles. The summed E-state index contributed by atoms with van der Waals surface area (Å²) in [6, 6.07) is 16.3. The highest BCUT2D eigenvalue weighted by Gasteiger charge is 2.21. The summed E-state index contributed by atoms with van der Waals surface area (Å²) in [6.07, 6.45) is 4.90. The molecule has 3 aromatic heterocycles. The van der Waals surface area contributed by atoms with Crippen molar-refractivity contribution < 1.29 is 9.18 Å². The molecule has 0 aliphatic carbocycles. The molecule has 2 aromatic carbocycles. The highest BCUT2D eigenvalue weighted by molar-refractivity contribution is 7.13. The fourth-order valence-corrected chi connectivity index (χ4v) is 4.34. The first-order valence-electron chi connectivity index (χ1n) is 9.94. The zero-order valence-corrected chi connectivity index (χ0v) is 18.0. The second-order valence-electron chi connectivity index (χ2n) is 7.30. The van der Waals surface area contributed by atoms with Gasteiger partial charge in [0.05, 0.1) is 21.6 Å². The van der Waals surface area contributed by atoms with Gasteiger partial charge in [0.25, 0.3) is 5.91 Å². The molecule has 158 valence electrons. The Morgan fingerprint density at radius 2 is 1.91 bits per heavy atom. The van der Waals surface area contributed by atoms with Crippen LogP contribution in [0.5, 0.6) is 0 Å². The van der Waals surface area contributed by atoms with Crippen LogP contribution in [0.4, 0.5) is 4.39 Å². The van der Waals surface area contributed by atoms with E-state index in [1.165, 1.54) is 24.5 Å². The van der Waals surface area contributed by atoms with Gasteiger partial charge in [0, 0.05) is 43.8 Å². The topological polar surface area (TPSA) is 63.9 Å². The van der Waals surface area contributed by atoms with E-state index in [0.29, 0.717) is 17.6 Å². The number of rotatable bonds is 5. The number of thiophene rings is 1. The van der Waals surface area contributed by atoms with Crippen LogP contribution in [0.25, 0.3) is 27.3 Å². The van der Waals surface area contributed by atoms with E-state index >= 15 is 0 Å². The molecule has 0 saturated carbocycles. The molecule has 0 fully saturated rings. The van der Waals surface area contributed by atoms with Gasteiger partial charge in [0.2, 0.25) is 0 Å². The van der Waals surface area contributed by atoms with Gasteiger partial charge in [0.15, 0.2) is 0 Å². The quantitative estimate of drug-likeness (QED) is 0.385. The first-order chi connectivity index (χ1) is 15.6. The molecule has 6 nitrogen and oxygen atoms in total. The Bertz CT molecular complexity index is 1400. The number of carbonyl (C=O) groups excluding carboxylic acids is 1. The average Bonchev–Trinajstić information content (AvgIpc) is 3.48. The molecule has 32 heavy (non-hydrogen) atoms. The third kappa shape index (κ3) is 3.76. The van der Waals surface area contributed by atoms with Gasteiger partial charge in [-0.1, -0.05) is 24.3 Å². The van der Waals surface area contributed by atoms with E-state index in [-0.39, 0.29) is 11.5 Å². The van der Waals surface area contributed by atoms with Gasteiger partial charge in [0.1, 0.15) is 17.0 Å². The number of hydrogen-bond donors (Lipinski definition) is 0. The highest BCUT2D eigenvalue weighted by Crippen LogP contribution is 2.29. The van der Waals surface area contributed by atoms with Crippen LogP contribution in [0.15, 0.2) is 78.6 Å². The summed E-state index contributed by atoms with van der Waals surface area (Å²) in [4.78, 5) is 24.2. The number of aromatic nitrogens is 4.